The van der Waals surface area contributed by atoms with E-state index < -0.39 is 28.2 Å². The highest BCUT2D eigenvalue weighted by atomic mass is 32.2. The van der Waals surface area contributed by atoms with Gasteiger partial charge in [0.15, 0.2) is 5.82 Å². The lowest BCUT2D eigenvalue weighted by atomic mass is 10.2. The average molecular weight is 409 g/mol. The molecule has 2 aromatic heterocycles. The smallest absolute Gasteiger partial charge is 0.274 e. The summed E-state index contributed by atoms with van der Waals surface area (Å²) in [6.07, 6.45) is -1.96. The predicted molar refractivity (Wildman–Crippen MR) is 98.4 cm³/mol. The van der Waals surface area contributed by atoms with E-state index in [1.54, 1.807) is 38.4 Å². The molecular weight excluding hydrogens is 389 g/mol. The van der Waals surface area contributed by atoms with Gasteiger partial charge in [-0.3, -0.25) is 4.68 Å². The van der Waals surface area contributed by atoms with Gasteiger partial charge >= 0.3 is 5.69 Å². The van der Waals surface area contributed by atoms with Crippen molar-refractivity contribution < 1.29 is 17.0 Å². The van der Waals surface area contributed by atoms with Crippen LogP contribution < -0.4 is 5.69 Å². The fourth-order valence-corrected chi connectivity index (χ4v) is 3.71. The van der Waals surface area contributed by atoms with Gasteiger partial charge in [-0.2, -0.15) is 23.3 Å². The SMILES string of the molecule is Cc1ccc(S(=O)(=O)OC(C(C)F)n2nc(C)n(-c3ccn(C)n3)c2=O)cc1. The molecule has 150 valence electrons. The fraction of sp³-hybridized carbons (Fsp3) is 0.353. The van der Waals surface area contributed by atoms with E-state index in [0.717, 1.165) is 17.1 Å². The van der Waals surface area contributed by atoms with Gasteiger partial charge in [-0.1, -0.05) is 17.7 Å². The second kappa shape index (κ2) is 7.32. The van der Waals surface area contributed by atoms with Crippen molar-refractivity contribution in [1.82, 2.24) is 24.1 Å². The number of nitrogens with zero attached hydrogens (tertiary/aromatic N) is 5. The Labute approximate surface area is 161 Å². The van der Waals surface area contributed by atoms with Crippen molar-refractivity contribution in [3.05, 3.63) is 58.4 Å². The van der Waals surface area contributed by atoms with Crippen LogP contribution >= 0.6 is 0 Å². The summed E-state index contributed by atoms with van der Waals surface area (Å²) in [6.45, 7) is 4.42. The van der Waals surface area contributed by atoms with Crippen molar-refractivity contribution in [1.29, 1.82) is 0 Å². The third kappa shape index (κ3) is 3.76. The lowest BCUT2D eigenvalue weighted by Gasteiger charge is -2.18. The highest BCUT2D eigenvalue weighted by Gasteiger charge is 2.31. The maximum atomic E-state index is 14.3. The van der Waals surface area contributed by atoms with Crippen LogP contribution in [-0.2, 0) is 21.3 Å². The van der Waals surface area contributed by atoms with Crippen LogP contribution in [0.15, 0.2) is 46.2 Å². The van der Waals surface area contributed by atoms with Gasteiger partial charge in [-0.25, -0.2) is 17.9 Å². The van der Waals surface area contributed by atoms with Crippen molar-refractivity contribution >= 4 is 10.1 Å². The maximum absolute atomic E-state index is 14.3. The van der Waals surface area contributed by atoms with Gasteiger partial charge in [0.05, 0.1) is 4.90 Å². The summed E-state index contributed by atoms with van der Waals surface area (Å²) in [5.74, 6) is 0.494. The summed E-state index contributed by atoms with van der Waals surface area (Å²) in [5.41, 5.74) is 0.0973. The summed E-state index contributed by atoms with van der Waals surface area (Å²) in [4.78, 5) is 12.6. The van der Waals surface area contributed by atoms with Crippen LogP contribution in [0.2, 0.25) is 0 Å². The van der Waals surface area contributed by atoms with E-state index in [-0.39, 0.29) is 16.5 Å². The predicted octanol–water partition coefficient (Wildman–Crippen LogP) is 1.65. The van der Waals surface area contributed by atoms with Crippen molar-refractivity contribution in [2.75, 3.05) is 0 Å². The molecule has 3 rings (SSSR count). The topological polar surface area (TPSA) is 101 Å². The maximum Gasteiger partial charge on any atom is 0.354 e. The average Bonchev–Trinajstić information content (AvgIpc) is 3.15. The number of aryl methyl sites for hydroxylation is 3. The monoisotopic (exact) mass is 409 g/mol. The lowest BCUT2D eigenvalue weighted by Crippen LogP contribution is -2.34. The first-order chi connectivity index (χ1) is 13.1. The van der Waals surface area contributed by atoms with Crippen LogP contribution in [0, 0.1) is 13.8 Å². The molecule has 0 N–H and O–H groups in total. The van der Waals surface area contributed by atoms with E-state index >= 15 is 0 Å². The van der Waals surface area contributed by atoms with Crippen LogP contribution in [-0.4, -0.2) is 38.7 Å². The van der Waals surface area contributed by atoms with E-state index in [9.17, 15) is 17.6 Å². The van der Waals surface area contributed by atoms with Crippen molar-refractivity contribution in [2.45, 2.75) is 38.1 Å². The van der Waals surface area contributed by atoms with E-state index in [0.29, 0.717) is 4.68 Å². The number of hydrogen-bond donors (Lipinski definition) is 0. The summed E-state index contributed by atoms with van der Waals surface area (Å²) in [5, 5.41) is 8.12. The molecule has 3 aromatic rings. The molecule has 0 aliphatic heterocycles. The number of benzene rings is 1. The van der Waals surface area contributed by atoms with E-state index in [2.05, 4.69) is 10.2 Å². The minimum atomic E-state index is -4.32. The molecule has 0 radical (unpaired) electrons. The van der Waals surface area contributed by atoms with Gasteiger partial charge in [0.25, 0.3) is 10.1 Å². The molecule has 9 nitrogen and oxygen atoms in total. The van der Waals surface area contributed by atoms with Crippen molar-refractivity contribution in [3.63, 3.8) is 0 Å². The normalized spacial score (nSPS) is 14.2. The molecule has 2 heterocycles. The molecule has 0 bridgehead atoms. The zero-order valence-electron chi connectivity index (χ0n) is 15.8. The lowest BCUT2D eigenvalue weighted by molar-refractivity contribution is 0.0432. The van der Waals surface area contributed by atoms with Crippen molar-refractivity contribution in [2.24, 2.45) is 7.05 Å². The van der Waals surface area contributed by atoms with E-state index in [1.807, 2.05) is 0 Å². The van der Waals surface area contributed by atoms with Gasteiger partial charge in [0.1, 0.15) is 12.0 Å². The number of rotatable bonds is 6. The Morgan fingerprint density at radius 3 is 2.29 bits per heavy atom. The Kier molecular flexibility index (Phi) is 5.22. The second-order valence-electron chi connectivity index (χ2n) is 6.39. The molecule has 11 heteroatoms. The quantitative estimate of drug-likeness (QED) is 0.574. The third-order valence-electron chi connectivity index (χ3n) is 4.06. The summed E-state index contributed by atoms with van der Waals surface area (Å²) < 4.78 is 47.8. The van der Waals surface area contributed by atoms with Crippen LogP contribution in [0.1, 0.15) is 24.5 Å². The summed E-state index contributed by atoms with van der Waals surface area (Å²) >= 11 is 0. The zero-order chi connectivity index (χ0) is 20.6. The first kappa shape index (κ1) is 20.0. The molecular formula is C17H20FN5O4S. The highest BCUT2D eigenvalue weighted by Crippen LogP contribution is 2.23. The zero-order valence-corrected chi connectivity index (χ0v) is 16.6. The Morgan fingerprint density at radius 2 is 1.75 bits per heavy atom. The van der Waals surface area contributed by atoms with Gasteiger partial charge in [-0.05, 0) is 32.9 Å². The Bertz CT molecular complexity index is 1150. The minimum Gasteiger partial charge on any atom is -0.274 e. The number of halogens is 1. The van der Waals surface area contributed by atoms with Crippen LogP contribution in [0.3, 0.4) is 0 Å². The number of hydrogen-bond acceptors (Lipinski definition) is 6. The van der Waals surface area contributed by atoms with Crippen molar-refractivity contribution in [3.8, 4) is 5.82 Å². The van der Waals surface area contributed by atoms with E-state index in [1.165, 1.54) is 23.7 Å². The number of alkyl halides is 1. The number of aromatic nitrogens is 5. The first-order valence-corrected chi connectivity index (χ1v) is 9.83. The Balaban J connectivity index is 2.02. The molecule has 28 heavy (non-hydrogen) atoms. The molecule has 0 saturated heterocycles. The molecule has 2 atom stereocenters. The molecule has 0 aliphatic carbocycles. The fourth-order valence-electron chi connectivity index (χ4n) is 2.64. The van der Waals surface area contributed by atoms with Crippen LogP contribution in [0.5, 0.6) is 0 Å². The summed E-state index contributed by atoms with van der Waals surface area (Å²) in [6, 6.07) is 7.47. The largest absolute Gasteiger partial charge is 0.354 e. The van der Waals surface area contributed by atoms with Gasteiger partial charge in [0, 0.05) is 19.3 Å². The molecule has 0 saturated carbocycles. The van der Waals surface area contributed by atoms with E-state index in [4.69, 9.17) is 4.18 Å². The highest BCUT2D eigenvalue weighted by molar-refractivity contribution is 7.86. The molecule has 0 fully saturated rings. The molecule has 2 unspecified atom stereocenters. The van der Waals surface area contributed by atoms with Gasteiger partial charge in [-0.15, -0.1) is 0 Å². The van der Waals surface area contributed by atoms with Gasteiger partial charge < -0.3 is 0 Å². The Morgan fingerprint density at radius 1 is 1.11 bits per heavy atom. The standard InChI is InChI=1S/C17H20FN5O4S/c1-11-5-7-14(8-6-11)28(25,26)27-16(12(2)18)23-17(24)22(13(3)19-23)15-9-10-21(4)20-15/h5-10,12,16H,1-4H3. The molecule has 0 spiro atoms. The first-order valence-electron chi connectivity index (χ1n) is 8.42. The summed E-state index contributed by atoms with van der Waals surface area (Å²) in [7, 11) is -2.64. The molecule has 1 aromatic carbocycles. The van der Waals surface area contributed by atoms with Crippen LogP contribution in [0.25, 0.3) is 5.82 Å². The minimum absolute atomic E-state index is 0.141. The third-order valence-corrected chi connectivity index (χ3v) is 5.36. The van der Waals surface area contributed by atoms with Gasteiger partial charge in [0.2, 0.25) is 6.23 Å². The second-order valence-corrected chi connectivity index (χ2v) is 7.96. The Hall–Kier alpha value is -2.79. The van der Waals surface area contributed by atoms with Crippen LogP contribution in [0.4, 0.5) is 4.39 Å². The molecule has 0 amide bonds. The molecule has 0 aliphatic rings.